The smallest absolute Gasteiger partial charge is 0.306 e. The predicted molar refractivity (Wildman–Crippen MR) is 316 cm³/mol. The van der Waals surface area contributed by atoms with Crippen molar-refractivity contribution in [2.75, 3.05) is 13.2 Å². The van der Waals surface area contributed by atoms with Crippen LogP contribution in [0.25, 0.3) is 0 Å². The summed E-state index contributed by atoms with van der Waals surface area (Å²) in [6.07, 6.45) is 78.4. The van der Waals surface area contributed by atoms with Crippen LogP contribution in [0.2, 0.25) is 0 Å². The molecule has 0 saturated carbocycles. The van der Waals surface area contributed by atoms with Gasteiger partial charge in [-0.25, -0.2) is 0 Å². The zero-order valence-corrected chi connectivity index (χ0v) is 48.7. The van der Waals surface area contributed by atoms with E-state index >= 15 is 0 Å². The van der Waals surface area contributed by atoms with E-state index in [4.69, 9.17) is 14.2 Å². The molecule has 6 heteroatoms. The maximum Gasteiger partial charge on any atom is 0.306 e. The third kappa shape index (κ3) is 59.9. The fraction of sp³-hybridized carbons (Fsp3) is 0.806. The summed E-state index contributed by atoms with van der Waals surface area (Å²) < 4.78 is 16.8. The quantitative estimate of drug-likeness (QED) is 0.0261. The normalized spacial score (nSPS) is 12.4. The number of hydrogen-bond donors (Lipinski definition) is 0. The fourth-order valence-corrected chi connectivity index (χ4v) is 9.30. The lowest BCUT2D eigenvalue weighted by molar-refractivity contribution is -0.167. The number of esters is 3. The van der Waals surface area contributed by atoms with Gasteiger partial charge in [0, 0.05) is 19.3 Å². The van der Waals surface area contributed by atoms with E-state index in [0.717, 1.165) is 89.9 Å². The number of ether oxygens (including phenoxy) is 3. The SMILES string of the molecule is CC/C=C\C/C=C\C/C=C\C/C=C\C/C=C\CCCCCCCCCCCCCCCC(=O)OCC(COC(=O)CCCCCCCC)OC(=O)CCCCCCCCCCCCCCCCCCCCCC. The van der Waals surface area contributed by atoms with Crippen molar-refractivity contribution in [2.45, 2.75) is 335 Å². The molecule has 0 aliphatic carbocycles. The summed E-state index contributed by atoms with van der Waals surface area (Å²) in [6.45, 7) is 6.51. The summed E-state index contributed by atoms with van der Waals surface area (Å²) in [5.41, 5.74) is 0. The Balaban J connectivity index is 4.04. The van der Waals surface area contributed by atoms with Gasteiger partial charge in [0.25, 0.3) is 0 Å². The minimum atomic E-state index is -0.768. The van der Waals surface area contributed by atoms with E-state index < -0.39 is 6.10 Å². The molecule has 0 aromatic heterocycles. The van der Waals surface area contributed by atoms with Crippen LogP contribution >= 0.6 is 0 Å². The number of allylic oxidation sites excluding steroid dienone is 10. The van der Waals surface area contributed by atoms with Crippen LogP contribution in [0.5, 0.6) is 0 Å². The Morgan fingerprint density at radius 1 is 0.288 bits per heavy atom. The highest BCUT2D eigenvalue weighted by Gasteiger charge is 2.19. The van der Waals surface area contributed by atoms with E-state index in [0.29, 0.717) is 19.3 Å². The van der Waals surface area contributed by atoms with Crippen LogP contribution in [0, 0.1) is 0 Å². The zero-order chi connectivity index (χ0) is 52.9. The summed E-state index contributed by atoms with van der Waals surface area (Å²) in [5.74, 6) is -0.863. The lowest BCUT2D eigenvalue weighted by atomic mass is 10.0. The molecule has 0 fully saturated rings. The van der Waals surface area contributed by atoms with Crippen LogP contribution in [0.15, 0.2) is 60.8 Å². The minimum absolute atomic E-state index is 0.0701. The van der Waals surface area contributed by atoms with Crippen molar-refractivity contribution < 1.29 is 28.6 Å². The molecule has 73 heavy (non-hydrogen) atoms. The van der Waals surface area contributed by atoms with Crippen molar-refractivity contribution in [3.8, 4) is 0 Å². The summed E-state index contributed by atoms with van der Waals surface area (Å²) in [6, 6.07) is 0. The van der Waals surface area contributed by atoms with Crippen molar-refractivity contribution in [1.29, 1.82) is 0 Å². The lowest BCUT2D eigenvalue weighted by Gasteiger charge is -2.18. The third-order valence-electron chi connectivity index (χ3n) is 14.0. The molecule has 0 aromatic rings. The second-order valence-electron chi connectivity index (χ2n) is 21.3. The topological polar surface area (TPSA) is 78.9 Å². The van der Waals surface area contributed by atoms with Gasteiger partial charge < -0.3 is 14.2 Å². The van der Waals surface area contributed by atoms with Gasteiger partial charge in [-0.1, -0.05) is 306 Å². The Bertz CT molecular complexity index is 1310. The highest BCUT2D eigenvalue weighted by atomic mass is 16.6. The summed E-state index contributed by atoms with van der Waals surface area (Å²) in [5, 5.41) is 0. The Morgan fingerprint density at radius 2 is 0.534 bits per heavy atom. The number of rotatable bonds is 58. The first kappa shape index (κ1) is 70.1. The number of carbonyl (C=O) groups is 3. The van der Waals surface area contributed by atoms with Gasteiger partial charge in [0.05, 0.1) is 0 Å². The van der Waals surface area contributed by atoms with Crippen molar-refractivity contribution in [2.24, 2.45) is 0 Å². The van der Waals surface area contributed by atoms with Gasteiger partial charge in [-0.15, -0.1) is 0 Å². The average Bonchev–Trinajstić information content (AvgIpc) is 3.39. The van der Waals surface area contributed by atoms with Crippen molar-refractivity contribution >= 4 is 17.9 Å². The van der Waals surface area contributed by atoms with Gasteiger partial charge in [0.15, 0.2) is 6.10 Å². The molecule has 0 heterocycles. The van der Waals surface area contributed by atoms with E-state index in [1.165, 1.54) is 199 Å². The molecule has 6 nitrogen and oxygen atoms in total. The molecule has 0 aromatic carbocycles. The van der Waals surface area contributed by atoms with Crippen molar-refractivity contribution in [1.82, 2.24) is 0 Å². The molecule has 0 radical (unpaired) electrons. The maximum atomic E-state index is 12.8. The van der Waals surface area contributed by atoms with Crippen LogP contribution in [-0.2, 0) is 28.6 Å². The summed E-state index contributed by atoms with van der Waals surface area (Å²) in [7, 11) is 0. The van der Waals surface area contributed by atoms with Crippen LogP contribution in [0.3, 0.4) is 0 Å². The Morgan fingerprint density at radius 3 is 0.836 bits per heavy atom. The molecule has 0 aliphatic heterocycles. The minimum Gasteiger partial charge on any atom is -0.462 e. The molecular weight excluding hydrogens is 901 g/mol. The molecule has 1 unspecified atom stereocenters. The first-order valence-electron chi connectivity index (χ1n) is 31.8. The molecule has 0 saturated heterocycles. The van der Waals surface area contributed by atoms with Crippen LogP contribution in [0.4, 0.5) is 0 Å². The molecule has 0 amide bonds. The molecule has 0 aliphatic rings. The fourth-order valence-electron chi connectivity index (χ4n) is 9.30. The molecule has 424 valence electrons. The predicted octanol–water partition coefficient (Wildman–Crippen LogP) is 21.6. The number of unbranched alkanes of at least 4 members (excludes halogenated alkanes) is 37. The first-order valence-corrected chi connectivity index (χ1v) is 31.8. The highest BCUT2D eigenvalue weighted by Crippen LogP contribution is 2.17. The van der Waals surface area contributed by atoms with Crippen molar-refractivity contribution in [3.63, 3.8) is 0 Å². The second-order valence-corrected chi connectivity index (χ2v) is 21.3. The molecular formula is C67H120O6. The van der Waals surface area contributed by atoms with Gasteiger partial charge in [-0.05, 0) is 64.2 Å². The highest BCUT2D eigenvalue weighted by molar-refractivity contribution is 5.71. The van der Waals surface area contributed by atoms with Gasteiger partial charge in [-0.2, -0.15) is 0 Å². The van der Waals surface area contributed by atoms with E-state index in [1.807, 2.05) is 0 Å². The second kappa shape index (κ2) is 61.7. The Labute approximate surface area is 453 Å². The average molecular weight is 1020 g/mol. The van der Waals surface area contributed by atoms with E-state index in [2.05, 4.69) is 81.5 Å². The number of carbonyl (C=O) groups excluding carboxylic acids is 3. The first-order chi connectivity index (χ1) is 36.0. The molecule has 1 atom stereocenters. The molecule has 0 spiro atoms. The largest absolute Gasteiger partial charge is 0.462 e. The van der Waals surface area contributed by atoms with Gasteiger partial charge >= 0.3 is 17.9 Å². The van der Waals surface area contributed by atoms with Gasteiger partial charge in [-0.3, -0.25) is 14.4 Å². The Kier molecular flexibility index (Phi) is 59.2. The van der Waals surface area contributed by atoms with Crippen LogP contribution in [-0.4, -0.2) is 37.2 Å². The molecule has 0 rings (SSSR count). The van der Waals surface area contributed by atoms with E-state index in [1.54, 1.807) is 0 Å². The third-order valence-corrected chi connectivity index (χ3v) is 14.0. The monoisotopic (exact) mass is 1020 g/mol. The van der Waals surface area contributed by atoms with Gasteiger partial charge in [0.2, 0.25) is 0 Å². The lowest BCUT2D eigenvalue weighted by Crippen LogP contribution is -2.30. The van der Waals surface area contributed by atoms with E-state index in [9.17, 15) is 14.4 Å². The summed E-state index contributed by atoms with van der Waals surface area (Å²) >= 11 is 0. The van der Waals surface area contributed by atoms with Crippen LogP contribution < -0.4 is 0 Å². The number of hydrogen-bond acceptors (Lipinski definition) is 6. The van der Waals surface area contributed by atoms with Gasteiger partial charge in [0.1, 0.15) is 13.2 Å². The van der Waals surface area contributed by atoms with E-state index in [-0.39, 0.29) is 31.1 Å². The van der Waals surface area contributed by atoms with Crippen LogP contribution in [0.1, 0.15) is 329 Å². The maximum absolute atomic E-state index is 12.8. The van der Waals surface area contributed by atoms with Crippen molar-refractivity contribution in [3.05, 3.63) is 60.8 Å². The summed E-state index contributed by atoms with van der Waals surface area (Å²) in [4.78, 5) is 38.0. The standard InChI is InChI=1S/C67H120O6/c1-4-7-10-13-16-18-20-22-24-26-28-30-31-32-33-34-35-36-37-38-40-41-43-45-47-49-51-54-57-60-66(69)72-63-64(62-71-65(68)59-56-53-15-12-9-6-3)73-67(70)61-58-55-52-50-48-46-44-42-39-29-27-25-23-21-19-17-14-11-8-5-2/h7,10,16,18,22,24,28,30,32-33,64H,4-6,8-9,11-15,17,19-21,23,25-27,29,31,34-63H2,1-3H3/b10-7-,18-16-,24-22-,30-28-,33-32-. The zero-order valence-electron chi connectivity index (χ0n) is 48.7. The Hall–Kier alpha value is -2.89. The molecule has 0 bridgehead atoms. The molecule has 0 N–H and O–H groups in total.